The third-order valence-corrected chi connectivity index (χ3v) is 5.33. The van der Waals surface area contributed by atoms with Crippen molar-refractivity contribution in [2.75, 3.05) is 18.6 Å². The third kappa shape index (κ3) is 4.75. The Bertz CT molecular complexity index is 836. The molecular formula is C23H27FN2O3. The number of hydrogen-bond donors (Lipinski definition) is 1. The summed E-state index contributed by atoms with van der Waals surface area (Å²) in [6.45, 7) is 2.68. The van der Waals surface area contributed by atoms with E-state index < -0.39 is 12.0 Å². The van der Waals surface area contributed by atoms with Crippen molar-refractivity contribution in [3.8, 4) is 5.75 Å². The Morgan fingerprint density at radius 3 is 2.48 bits per heavy atom. The molecule has 2 atom stereocenters. The molecule has 1 saturated heterocycles. The van der Waals surface area contributed by atoms with Crippen LogP contribution in [0.2, 0.25) is 0 Å². The minimum Gasteiger partial charge on any atom is -0.497 e. The number of piperidine rings is 1. The monoisotopic (exact) mass is 398 g/mol. The minimum absolute atomic E-state index is 0.0536. The Morgan fingerprint density at radius 1 is 1.17 bits per heavy atom. The van der Waals surface area contributed by atoms with Gasteiger partial charge in [0.15, 0.2) is 0 Å². The van der Waals surface area contributed by atoms with E-state index in [9.17, 15) is 14.0 Å². The van der Waals surface area contributed by atoms with Gasteiger partial charge in [-0.1, -0.05) is 25.5 Å². The largest absolute Gasteiger partial charge is 0.497 e. The second kappa shape index (κ2) is 9.54. The molecule has 154 valence electrons. The van der Waals surface area contributed by atoms with Gasteiger partial charge in [0, 0.05) is 18.7 Å². The van der Waals surface area contributed by atoms with Crippen LogP contribution in [0.15, 0.2) is 48.5 Å². The number of carbonyl (C=O) groups excluding carboxylic acids is 2. The van der Waals surface area contributed by atoms with Gasteiger partial charge in [0.2, 0.25) is 11.8 Å². The van der Waals surface area contributed by atoms with E-state index in [1.165, 1.54) is 12.1 Å². The van der Waals surface area contributed by atoms with Crippen molar-refractivity contribution in [2.45, 2.75) is 38.6 Å². The summed E-state index contributed by atoms with van der Waals surface area (Å²) in [7, 11) is 1.58. The number of anilines is 1. The number of nitrogens with one attached hydrogen (secondary N) is 1. The Labute approximate surface area is 170 Å². The summed E-state index contributed by atoms with van der Waals surface area (Å²) < 4.78 is 18.7. The number of carbonyl (C=O) groups is 2. The molecular weight excluding hydrogens is 371 g/mol. The Balaban J connectivity index is 1.98. The highest BCUT2D eigenvalue weighted by Crippen LogP contribution is 2.40. The summed E-state index contributed by atoms with van der Waals surface area (Å²) in [4.78, 5) is 27.5. The van der Waals surface area contributed by atoms with E-state index in [0.29, 0.717) is 24.4 Å². The van der Waals surface area contributed by atoms with Gasteiger partial charge < -0.3 is 15.0 Å². The normalized spacial score (nSPS) is 19.1. The number of amides is 2. The van der Waals surface area contributed by atoms with Gasteiger partial charge in [0.25, 0.3) is 0 Å². The second-order valence-corrected chi connectivity index (χ2v) is 7.25. The van der Waals surface area contributed by atoms with Crippen molar-refractivity contribution in [1.29, 1.82) is 0 Å². The van der Waals surface area contributed by atoms with Crippen LogP contribution in [0.3, 0.4) is 0 Å². The molecule has 2 amide bonds. The van der Waals surface area contributed by atoms with Crippen LogP contribution in [0.1, 0.15) is 44.2 Å². The molecule has 0 bridgehead atoms. The summed E-state index contributed by atoms with van der Waals surface area (Å²) in [6.07, 6.45) is 2.64. The van der Waals surface area contributed by atoms with Gasteiger partial charge in [0.05, 0.1) is 19.1 Å². The molecule has 2 aromatic rings. The average Bonchev–Trinajstić information content (AvgIpc) is 2.74. The van der Waals surface area contributed by atoms with Gasteiger partial charge in [-0.15, -0.1) is 0 Å². The van der Waals surface area contributed by atoms with Crippen LogP contribution in [-0.2, 0) is 9.59 Å². The van der Waals surface area contributed by atoms with Crippen molar-refractivity contribution < 1.29 is 18.7 Å². The Kier molecular flexibility index (Phi) is 6.86. The number of hydrogen-bond acceptors (Lipinski definition) is 3. The molecule has 5 nitrogen and oxygen atoms in total. The molecule has 0 saturated carbocycles. The summed E-state index contributed by atoms with van der Waals surface area (Å²) in [5, 5.41) is 3.00. The van der Waals surface area contributed by atoms with Crippen LogP contribution in [-0.4, -0.2) is 25.5 Å². The molecule has 1 heterocycles. The van der Waals surface area contributed by atoms with Crippen molar-refractivity contribution in [3.63, 3.8) is 0 Å². The lowest BCUT2D eigenvalue weighted by Crippen LogP contribution is -2.48. The van der Waals surface area contributed by atoms with Gasteiger partial charge in [-0.05, 0) is 54.8 Å². The maximum atomic E-state index is 13.5. The van der Waals surface area contributed by atoms with Gasteiger partial charge in [-0.3, -0.25) is 9.59 Å². The molecule has 0 unspecified atom stereocenters. The molecule has 1 aliphatic heterocycles. The number of unbranched alkanes of at least 4 members (excludes halogenated alkanes) is 1. The summed E-state index contributed by atoms with van der Waals surface area (Å²) in [5.74, 6) is -0.195. The summed E-state index contributed by atoms with van der Waals surface area (Å²) in [6, 6.07) is 12.7. The number of nitrogens with zero attached hydrogens (tertiary/aromatic N) is 1. The number of halogens is 1. The molecule has 6 heteroatoms. The minimum atomic E-state index is -0.494. The molecule has 3 rings (SSSR count). The van der Waals surface area contributed by atoms with E-state index in [2.05, 4.69) is 12.2 Å². The fourth-order valence-electron chi connectivity index (χ4n) is 3.78. The fourth-order valence-corrected chi connectivity index (χ4v) is 3.78. The summed E-state index contributed by atoms with van der Waals surface area (Å²) in [5.41, 5.74) is 1.43. The first-order valence-electron chi connectivity index (χ1n) is 10.0. The van der Waals surface area contributed by atoms with E-state index >= 15 is 0 Å². The highest BCUT2D eigenvalue weighted by molar-refractivity contribution is 5.97. The van der Waals surface area contributed by atoms with Crippen LogP contribution in [0.5, 0.6) is 5.75 Å². The lowest BCUT2D eigenvalue weighted by atomic mass is 9.83. The van der Waals surface area contributed by atoms with Crippen molar-refractivity contribution in [3.05, 3.63) is 59.9 Å². The summed E-state index contributed by atoms with van der Waals surface area (Å²) >= 11 is 0. The van der Waals surface area contributed by atoms with Gasteiger partial charge in [0.1, 0.15) is 11.6 Å². The van der Waals surface area contributed by atoms with E-state index in [1.807, 2.05) is 12.1 Å². The molecule has 0 spiro atoms. The van der Waals surface area contributed by atoms with Crippen LogP contribution in [0, 0.1) is 11.7 Å². The molecule has 2 aromatic carbocycles. The van der Waals surface area contributed by atoms with E-state index in [1.54, 1.807) is 36.3 Å². The number of rotatable bonds is 7. The first-order valence-corrected chi connectivity index (χ1v) is 10.0. The lowest BCUT2D eigenvalue weighted by molar-refractivity contribution is -0.129. The standard InChI is InChI=1S/C23H27FN2O3/c1-3-4-15-25-23(28)20-13-14-21(27)26(18-9-11-19(29-2)12-10-18)22(20)16-5-7-17(24)8-6-16/h5-12,20,22H,3-4,13-15H2,1-2H3,(H,25,28)/t20-,22+/m0/s1. The molecule has 1 fully saturated rings. The average molecular weight is 398 g/mol. The molecule has 29 heavy (non-hydrogen) atoms. The smallest absolute Gasteiger partial charge is 0.227 e. The van der Waals surface area contributed by atoms with Crippen LogP contribution in [0.4, 0.5) is 10.1 Å². The quantitative estimate of drug-likeness (QED) is 0.710. The fraction of sp³-hybridized carbons (Fsp3) is 0.391. The zero-order valence-electron chi connectivity index (χ0n) is 16.9. The predicted molar refractivity (Wildman–Crippen MR) is 110 cm³/mol. The molecule has 0 aliphatic carbocycles. The molecule has 1 N–H and O–H groups in total. The maximum absolute atomic E-state index is 13.5. The second-order valence-electron chi connectivity index (χ2n) is 7.25. The SMILES string of the molecule is CCCCNC(=O)[C@H]1CCC(=O)N(c2ccc(OC)cc2)[C@@H]1c1ccc(F)cc1. The molecule has 0 radical (unpaired) electrons. The lowest BCUT2D eigenvalue weighted by Gasteiger charge is -2.41. The maximum Gasteiger partial charge on any atom is 0.227 e. The highest BCUT2D eigenvalue weighted by atomic mass is 19.1. The van der Waals surface area contributed by atoms with E-state index in [4.69, 9.17) is 4.74 Å². The van der Waals surface area contributed by atoms with Crippen LogP contribution >= 0.6 is 0 Å². The number of methoxy groups -OCH3 is 1. The first kappa shape index (κ1) is 20.8. The zero-order chi connectivity index (χ0) is 20.8. The van der Waals surface area contributed by atoms with E-state index in [-0.39, 0.29) is 24.1 Å². The highest BCUT2D eigenvalue weighted by Gasteiger charge is 2.41. The number of benzene rings is 2. The topological polar surface area (TPSA) is 58.6 Å². The number of ether oxygens (including phenoxy) is 1. The Hall–Kier alpha value is -2.89. The zero-order valence-corrected chi connectivity index (χ0v) is 16.9. The molecule has 1 aliphatic rings. The van der Waals surface area contributed by atoms with Crippen molar-refractivity contribution in [2.24, 2.45) is 5.92 Å². The van der Waals surface area contributed by atoms with Crippen LogP contribution in [0.25, 0.3) is 0 Å². The van der Waals surface area contributed by atoms with Gasteiger partial charge in [-0.25, -0.2) is 4.39 Å². The predicted octanol–water partition coefficient (Wildman–Crippen LogP) is 4.23. The third-order valence-electron chi connectivity index (χ3n) is 5.33. The molecule has 0 aromatic heterocycles. The van der Waals surface area contributed by atoms with Crippen molar-refractivity contribution in [1.82, 2.24) is 5.32 Å². The van der Waals surface area contributed by atoms with E-state index in [0.717, 1.165) is 18.4 Å². The first-order chi connectivity index (χ1) is 14.0. The Morgan fingerprint density at radius 2 is 1.86 bits per heavy atom. The van der Waals surface area contributed by atoms with Gasteiger partial charge >= 0.3 is 0 Å². The van der Waals surface area contributed by atoms with Crippen molar-refractivity contribution >= 4 is 17.5 Å². The van der Waals surface area contributed by atoms with Gasteiger partial charge in [-0.2, -0.15) is 0 Å². The van der Waals surface area contributed by atoms with Crippen LogP contribution < -0.4 is 15.0 Å².